The fourth-order valence-corrected chi connectivity index (χ4v) is 3.50. The van der Waals surface area contributed by atoms with Crippen molar-refractivity contribution in [2.24, 2.45) is 0 Å². The standard InChI is InChI=1S/C12H10Cl3NS/c1-16-12(9-5-6-10(15)17-9)11-7(13)3-2-4-8(11)14/h2-6,12,16H,1H3. The molecule has 0 aliphatic rings. The van der Waals surface area contributed by atoms with Crippen LogP contribution in [0, 0.1) is 0 Å². The molecule has 0 aliphatic carbocycles. The van der Waals surface area contributed by atoms with Crippen LogP contribution in [0.1, 0.15) is 16.5 Å². The minimum atomic E-state index is -0.0336. The van der Waals surface area contributed by atoms with Crippen LogP contribution in [0.15, 0.2) is 30.3 Å². The summed E-state index contributed by atoms with van der Waals surface area (Å²) in [5.74, 6) is 0. The molecule has 1 N–H and O–H groups in total. The summed E-state index contributed by atoms with van der Waals surface area (Å²) in [5, 5.41) is 4.52. The molecule has 0 saturated heterocycles. The van der Waals surface area contributed by atoms with Crippen molar-refractivity contribution >= 4 is 46.1 Å². The highest BCUT2D eigenvalue weighted by Gasteiger charge is 2.19. The van der Waals surface area contributed by atoms with Gasteiger partial charge >= 0.3 is 0 Å². The summed E-state index contributed by atoms with van der Waals surface area (Å²) in [7, 11) is 1.87. The molecule has 1 heterocycles. The van der Waals surface area contributed by atoms with E-state index in [9.17, 15) is 0 Å². The van der Waals surface area contributed by atoms with Crippen molar-refractivity contribution in [3.05, 3.63) is 55.2 Å². The number of thiophene rings is 1. The Morgan fingerprint density at radius 3 is 2.18 bits per heavy atom. The van der Waals surface area contributed by atoms with Gasteiger partial charge in [-0.25, -0.2) is 0 Å². The maximum absolute atomic E-state index is 6.21. The fourth-order valence-electron chi connectivity index (χ4n) is 1.70. The smallest absolute Gasteiger partial charge is 0.0931 e. The SMILES string of the molecule is CNC(c1ccc(Cl)s1)c1c(Cl)cccc1Cl. The normalized spacial score (nSPS) is 12.7. The van der Waals surface area contributed by atoms with Crippen LogP contribution in [-0.2, 0) is 0 Å². The second-order valence-corrected chi connectivity index (χ2v) is 6.06. The first-order valence-corrected chi connectivity index (χ1v) is 6.95. The molecule has 0 fully saturated rings. The van der Waals surface area contributed by atoms with Gasteiger partial charge in [-0.05, 0) is 31.3 Å². The lowest BCUT2D eigenvalue weighted by Crippen LogP contribution is -2.17. The van der Waals surface area contributed by atoms with Crippen molar-refractivity contribution in [2.45, 2.75) is 6.04 Å². The Balaban J connectivity index is 2.49. The Hall–Kier alpha value is -0.250. The van der Waals surface area contributed by atoms with Crippen LogP contribution in [0.5, 0.6) is 0 Å². The number of halogens is 3. The second kappa shape index (κ2) is 5.59. The lowest BCUT2D eigenvalue weighted by molar-refractivity contribution is 0.704. The maximum atomic E-state index is 6.21. The van der Waals surface area contributed by atoms with E-state index < -0.39 is 0 Å². The Morgan fingerprint density at radius 2 is 1.71 bits per heavy atom. The van der Waals surface area contributed by atoms with E-state index in [0.29, 0.717) is 10.0 Å². The van der Waals surface area contributed by atoms with Crippen molar-refractivity contribution in [2.75, 3.05) is 7.05 Å². The summed E-state index contributed by atoms with van der Waals surface area (Å²) in [4.78, 5) is 1.09. The Labute approximate surface area is 119 Å². The monoisotopic (exact) mass is 305 g/mol. The van der Waals surface area contributed by atoms with Crippen LogP contribution in [0.25, 0.3) is 0 Å². The fraction of sp³-hybridized carbons (Fsp3) is 0.167. The highest BCUT2D eigenvalue weighted by molar-refractivity contribution is 7.16. The third kappa shape index (κ3) is 2.78. The first-order chi connectivity index (χ1) is 8.13. The summed E-state index contributed by atoms with van der Waals surface area (Å²) >= 11 is 19.9. The summed E-state index contributed by atoms with van der Waals surface area (Å²) in [5.41, 5.74) is 0.886. The van der Waals surface area contributed by atoms with Gasteiger partial charge in [0, 0.05) is 20.5 Å². The molecule has 0 amide bonds. The van der Waals surface area contributed by atoms with Gasteiger partial charge in [0.1, 0.15) is 0 Å². The van der Waals surface area contributed by atoms with Gasteiger partial charge in [-0.2, -0.15) is 0 Å². The van der Waals surface area contributed by atoms with Crippen LogP contribution >= 0.6 is 46.1 Å². The van der Waals surface area contributed by atoms with Crippen molar-refractivity contribution < 1.29 is 0 Å². The molecule has 1 nitrogen and oxygen atoms in total. The van der Waals surface area contributed by atoms with Crippen LogP contribution in [0.3, 0.4) is 0 Å². The molecule has 1 unspecified atom stereocenters. The summed E-state index contributed by atoms with van der Waals surface area (Å²) in [6.07, 6.45) is 0. The molecule has 0 radical (unpaired) electrons. The largest absolute Gasteiger partial charge is 0.309 e. The first-order valence-electron chi connectivity index (χ1n) is 5.00. The Kier molecular flexibility index (Phi) is 4.34. The predicted octanol–water partition coefficient (Wildman–Crippen LogP) is 5.02. The van der Waals surface area contributed by atoms with Crippen LogP contribution in [0.4, 0.5) is 0 Å². The maximum Gasteiger partial charge on any atom is 0.0931 e. The quantitative estimate of drug-likeness (QED) is 0.840. The first kappa shape index (κ1) is 13.2. The van der Waals surface area contributed by atoms with E-state index in [0.717, 1.165) is 14.8 Å². The molecule has 0 spiro atoms. The van der Waals surface area contributed by atoms with Crippen LogP contribution < -0.4 is 5.32 Å². The molecule has 0 bridgehead atoms. The van der Waals surface area contributed by atoms with E-state index in [1.807, 2.05) is 37.4 Å². The molecule has 17 heavy (non-hydrogen) atoms. The number of hydrogen-bond donors (Lipinski definition) is 1. The van der Waals surface area contributed by atoms with E-state index in [-0.39, 0.29) is 6.04 Å². The average Bonchev–Trinajstić information content (AvgIpc) is 2.70. The van der Waals surface area contributed by atoms with Gasteiger partial charge in [0.2, 0.25) is 0 Å². The third-order valence-electron chi connectivity index (χ3n) is 2.46. The summed E-state index contributed by atoms with van der Waals surface area (Å²) in [6, 6.07) is 9.32. The summed E-state index contributed by atoms with van der Waals surface area (Å²) < 4.78 is 0.753. The van der Waals surface area contributed by atoms with E-state index in [1.165, 1.54) is 11.3 Å². The molecular formula is C12H10Cl3NS. The van der Waals surface area contributed by atoms with Gasteiger partial charge in [0.05, 0.1) is 10.4 Å². The second-order valence-electron chi connectivity index (χ2n) is 3.50. The molecule has 0 aliphatic heterocycles. The zero-order chi connectivity index (χ0) is 12.4. The van der Waals surface area contributed by atoms with Crippen LogP contribution in [-0.4, -0.2) is 7.05 Å². The van der Waals surface area contributed by atoms with E-state index >= 15 is 0 Å². The molecule has 5 heteroatoms. The number of benzene rings is 1. The minimum absolute atomic E-state index is 0.0336. The molecule has 1 aromatic heterocycles. The van der Waals surface area contributed by atoms with E-state index in [1.54, 1.807) is 0 Å². The number of rotatable bonds is 3. The number of nitrogens with one attached hydrogen (secondary N) is 1. The van der Waals surface area contributed by atoms with Gasteiger partial charge in [-0.15, -0.1) is 11.3 Å². The average molecular weight is 307 g/mol. The van der Waals surface area contributed by atoms with Gasteiger partial charge in [-0.3, -0.25) is 0 Å². The molecule has 1 atom stereocenters. The van der Waals surface area contributed by atoms with Gasteiger partial charge in [0.25, 0.3) is 0 Å². The summed E-state index contributed by atoms with van der Waals surface area (Å²) in [6.45, 7) is 0. The van der Waals surface area contributed by atoms with Crippen molar-refractivity contribution in [3.63, 3.8) is 0 Å². The Morgan fingerprint density at radius 1 is 1.06 bits per heavy atom. The highest BCUT2D eigenvalue weighted by Crippen LogP contribution is 2.37. The number of hydrogen-bond acceptors (Lipinski definition) is 2. The highest BCUT2D eigenvalue weighted by atomic mass is 35.5. The Bertz CT molecular complexity index is 504. The van der Waals surface area contributed by atoms with Crippen molar-refractivity contribution in [1.82, 2.24) is 5.32 Å². The van der Waals surface area contributed by atoms with Gasteiger partial charge in [0.15, 0.2) is 0 Å². The third-order valence-corrected chi connectivity index (χ3v) is 4.41. The minimum Gasteiger partial charge on any atom is -0.309 e. The molecule has 2 aromatic rings. The molecule has 1 aromatic carbocycles. The predicted molar refractivity (Wildman–Crippen MR) is 76.7 cm³/mol. The molecular weight excluding hydrogens is 297 g/mol. The lowest BCUT2D eigenvalue weighted by Gasteiger charge is -2.17. The van der Waals surface area contributed by atoms with Gasteiger partial charge in [-0.1, -0.05) is 40.9 Å². The van der Waals surface area contributed by atoms with Crippen molar-refractivity contribution in [3.8, 4) is 0 Å². The van der Waals surface area contributed by atoms with E-state index in [4.69, 9.17) is 34.8 Å². The molecule has 0 saturated carbocycles. The zero-order valence-electron chi connectivity index (χ0n) is 9.01. The van der Waals surface area contributed by atoms with Gasteiger partial charge < -0.3 is 5.32 Å². The molecule has 2 rings (SSSR count). The molecule has 90 valence electrons. The van der Waals surface area contributed by atoms with Crippen molar-refractivity contribution in [1.29, 1.82) is 0 Å². The van der Waals surface area contributed by atoms with E-state index in [2.05, 4.69) is 5.32 Å². The zero-order valence-corrected chi connectivity index (χ0v) is 12.1. The lowest BCUT2D eigenvalue weighted by atomic mass is 10.1. The topological polar surface area (TPSA) is 12.0 Å². The van der Waals surface area contributed by atoms with Crippen LogP contribution in [0.2, 0.25) is 14.4 Å².